The van der Waals surface area contributed by atoms with Crippen LogP contribution in [0.3, 0.4) is 0 Å². The molecule has 26 heavy (non-hydrogen) atoms. The molecule has 0 heterocycles. The van der Waals surface area contributed by atoms with Crippen LogP contribution in [0, 0.1) is 17.0 Å². The molecule has 0 spiro atoms. The number of thiocarbonyl (C=S) groups is 1. The van der Waals surface area contributed by atoms with Gasteiger partial charge in [-0.2, -0.15) is 5.10 Å². The molecule has 0 aliphatic heterocycles. The highest BCUT2D eigenvalue weighted by Gasteiger charge is 2.11. The molecular weight excluding hydrogens is 356 g/mol. The van der Waals surface area contributed by atoms with Crippen LogP contribution in [0.4, 0.5) is 5.69 Å². The third-order valence-electron chi connectivity index (χ3n) is 3.45. The zero-order chi connectivity index (χ0) is 19.1. The molecule has 2 rings (SSSR count). The fourth-order valence-electron chi connectivity index (χ4n) is 2.25. The van der Waals surface area contributed by atoms with E-state index in [1.54, 1.807) is 38.4 Å². The Balaban J connectivity index is 2.14. The van der Waals surface area contributed by atoms with Crippen molar-refractivity contribution in [1.82, 2.24) is 5.43 Å². The number of nitrogens with zero attached hydrogens (tertiary/aromatic N) is 2. The number of hydrogen-bond acceptors (Lipinski definition) is 6. The molecule has 2 aromatic rings. The summed E-state index contributed by atoms with van der Waals surface area (Å²) in [6.07, 6.45) is 1.57. The zero-order valence-corrected chi connectivity index (χ0v) is 15.1. The van der Waals surface area contributed by atoms with Gasteiger partial charge in [0.25, 0.3) is 5.69 Å². The summed E-state index contributed by atoms with van der Waals surface area (Å²) in [6.45, 7) is 1.89. The van der Waals surface area contributed by atoms with Crippen molar-refractivity contribution in [3.8, 4) is 11.5 Å². The second kappa shape index (κ2) is 8.77. The molecule has 8 nitrogen and oxygen atoms in total. The molecule has 0 unspecified atom stereocenters. The molecule has 0 bridgehead atoms. The molecule has 0 saturated heterocycles. The van der Waals surface area contributed by atoms with Crippen LogP contribution in [0.5, 0.6) is 11.5 Å². The maximum absolute atomic E-state index is 10.9. The number of nitrogens with two attached hydrogens (primary N) is 1. The summed E-state index contributed by atoms with van der Waals surface area (Å²) in [5.41, 5.74) is 9.97. The largest absolute Gasteiger partial charge is 0.496 e. The van der Waals surface area contributed by atoms with Gasteiger partial charge in [0.05, 0.1) is 18.2 Å². The van der Waals surface area contributed by atoms with E-state index in [0.717, 1.165) is 11.1 Å². The first-order chi connectivity index (χ1) is 12.4. The summed E-state index contributed by atoms with van der Waals surface area (Å²) in [5, 5.41) is 14.9. The summed E-state index contributed by atoms with van der Waals surface area (Å²) in [4.78, 5) is 10.5. The number of benzene rings is 2. The monoisotopic (exact) mass is 374 g/mol. The van der Waals surface area contributed by atoms with Crippen LogP contribution in [0.25, 0.3) is 0 Å². The number of hydrogen-bond donors (Lipinski definition) is 2. The number of ether oxygens (including phenoxy) is 2. The van der Waals surface area contributed by atoms with Crippen LogP contribution >= 0.6 is 12.2 Å². The highest BCUT2D eigenvalue weighted by atomic mass is 32.1. The number of nitrogens with one attached hydrogen (secondary N) is 1. The lowest BCUT2D eigenvalue weighted by molar-refractivity contribution is -0.385. The van der Waals surface area contributed by atoms with E-state index in [-0.39, 0.29) is 17.4 Å². The average Bonchev–Trinajstić information content (AvgIpc) is 2.59. The maximum atomic E-state index is 10.9. The van der Waals surface area contributed by atoms with E-state index in [0.29, 0.717) is 17.1 Å². The van der Waals surface area contributed by atoms with Gasteiger partial charge in [0.15, 0.2) is 5.11 Å². The predicted molar refractivity (Wildman–Crippen MR) is 103 cm³/mol. The number of hydrazone groups is 1. The quantitative estimate of drug-likeness (QED) is 0.332. The molecule has 2 aromatic carbocycles. The Hall–Kier alpha value is -3.20. The normalized spacial score (nSPS) is 10.5. The third-order valence-corrected chi connectivity index (χ3v) is 3.54. The van der Waals surface area contributed by atoms with Gasteiger partial charge in [0, 0.05) is 17.2 Å². The van der Waals surface area contributed by atoms with Gasteiger partial charge in [-0.1, -0.05) is 0 Å². The van der Waals surface area contributed by atoms with Crippen molar-refractivity contribution in [2.45, 2.75) is 13.5 Å². The molecule has 0 saturated carbocycles. The lowest BCUT2D eigenvalue weighted by atomic mass is 10.1. The van der Waals surface area contributed by atoms with Crippen molar-refractivity contribution in [3.05, 3.63) is 63.2 Å². The highest BCUT2D eigenvalue weighted by Crippen LogP contribution is 2.25. The number of nitro benzene ring substituents is 1. The number of methoxy groups -OCH3 is 1. The van der Waals surface area contributed by atoms with E-state index < -0.39 is 4.92 Å². The summed E-state index contributed by atoms with van der Waals surface area (Å²) >= 11 is 4.68. The molecule has 0 aliphatic carbocycles. The minimum Gasteiger partial charge on any atom is -0.496 e. The molecule has 0 amide bonds. The lowest BCUT2D eigenvalue weighted by Gasteiger charge is -2.11. The fourth-order valence-corrected chi connectivity index (χ4v) is 2.30. The van der Waals surface area contributed by atoms with Crippen molar-refractivity contribution in [2.75, 3.05) is 7.11 Å². The van der Waals surface area contributed by atoms with Crippen LogP contribution < -0.4 is 20.6 Å². The van der Waals surface area contributed by atoms with Gasteiger partial charge in [-0.05, 0) is 55.0 Å². The van der Waals surface area contributed by atoms with Gasteiger partial charge in [0.2, 0.25) is 0 Å². The van der Waals surface area contributed by atoms with Crippen molar-refractivity contribution >= 4 is 29.2 Å². The predicted octanol–water partition coefficient (Wildman–Crippen LogP) is 2.66. The van der Waals surface area contributed by atoms with Gasteiger partial charge >= 0.3 is 0 Å². The van der Waals surface area contributed by atoms with E-state index in [1.165, 1.54) is 6.07 Å². The molecule has 9 heteroatoms. The Bertz CT molecular complexity index is 855. The van der Waals surface area contributed by atoms with Gasteiger partial charge in [0.1, 0.15) is 18.1 Å². The van der Waals surface area contributed by atoms with Crippen molar-refractivity contribution in [2.24, 2.45) is 10.8 Å². The lowest BCUT2D eigenvalue weighted by Crippen LogP contribution is -2.24. The maximum Gasteiger partial charge on any atom is 0.272 e. The average molecular weight is 374 g/mol. The van der Waals surface area contributed by atoms with Crippen molar-refractivity contribution in [1.29, 1.82) is 0 Å². The second-order valence-electron chi connectivity index (χ2n) is 5.30. The number of nitro groups is 1. The van der Waals surface area contributed by atoms with Crippen LogP contribution in [0.2, 0.25) is 0 Å². The Labute approximate surface area is 155 Å². The van der Waals surface area contributed by atoms with E-state index in [1.807, 2.05) is 12.1 Å². The fraction of sp³-hybridized carbons (Fsp3) is 0.176. The highest BCUT2D eigenvalue weighted by molar-refractivity contribution is 7.80. The molecule has 0 aromatic heterocycles. The van der Waals surface area contributed by atoms with E-state index in [9.17, 15) is 10.1 Å². The summed E-state index contributed by atoms with van der Waals surface area (Å²) < 4.78 is 11.1. The molecule has 0 aliphatic rings. The minimum atomic E-state index is -0.425. The first-order valence-corrected chi connectivity index (χ1v) is 7.95. The zero-order valence-electron chi connectivity index (χ0n) is 14.3. The molecular formula is C17H18N4O4S. The molecule has 0 atom stereocenters. The third kappa shape index (κ3) is 5.15. The Morgan fingerprint density at radius 1 is 1.38 bits per heavy atom. The first-order valence-electron chi connectivity index (χ1n) is 7.54. The Kier molecular flexibility index (Phi) is 6.45. The number of aryl methyl sites for hydroxylation is 1. The summed E-state index contributed by atoms with van der Waals surface area (Å²) in [7, 11) is 1.57. The van der Waals surface area contributed by atoms with Crippen molar-refractivity contribution < 1.29 is 14.4 Å². The molecule has 136 valence electrons. The summed E-state index contributed by atoms with van der Waals surface area (Å²) in [6, 6.07) is 10.1. The minimum absolute atomic E-state index is 0.0541. The van der Waals surface area contributed by atoms with Gasteiger partial charge in [-0.15, -0.1) is 0 Å². The standard InChI is InChI=1S/C17H18N4O4S/c1-11-7-14(4-5-15(11)21(22)23)25-10-13-8-12(3-6-16(13)24-2)9-19-20-17(18)26/h3-9H,10H2,1-2H3,(H3,18,20,26). The molecule has 0 fully saturated rings. The Morgan fingerprint density at radius 3 is 2.77 bits per heavy atom. The van der Waals surface area contributed by atoms with Crippen LogP contribution in [-0.2, 0) is 6.61 Å². The smallest absolute Gasteiger partial charge is 0.272 e. The van der Waals surface area contributed by atoms with Crippen LogP contribution in [-0.4, -0.2) is 23.4 Å². The van der Waals surface area contributed by atoms with Gasteiger partial charge in [-0.25, -0.2) is 0 Å². The molecule has 0 radical (unpaired) electrons. The van der Waals surface area contributed by atoms with Crippen molar-refractivity contribution in [3.63, 3.8) is 0 Å². The second-order valence-corrected chi connectivity index (χ2v) is 5.74. The first kappa shape index (κ1) is 19.1. The van der Waals surface area contributed by atoms with Gasteiger partial charge < -0.3 is 15.2 Å². The van der Waals surface area contributed by atoms with E-state index >= 15 is 0 Å². The Morgan fingerprint density at radius 2 is 2.15 bits per heavy atom. The number of rotatable bonds is 7. The van der Waals surface area contributed by atoms with E-state index in [2.05, 4.69) is 22.7 Å². The van der Waals surface area contributed by atoms with Gasteiger partial charge in [-0.3, -0.25) is 15.5 Å². The van der Waals surface area contributed by atoms with E-state index in [4.69, 9.17) is 15.2 Å². The van der Waals surface area contributed by atoms with Crippen LogP contribution in [0.15, 0.2) is 41.5 Å². The SMILES string of the molecule is COc1ccc(C=NNC(N)=S)cc1COc1ccc([N+](=O)[O-])c(C)c1. The molecule has 3 N–H and O–H groups in total. The van der Waals surface area contributed by atoms with Crippen LogP contribution in [0.1, 0.15) is 16.7 Å². The topological polar surface area (TPSA) is 112 Å². The summed E-state index contributed by atoms with van der Waals surface area (Å²) in [5.74, 6) is 1.19.